The highest BCUT2D eigenvalue weighted by Gasteiger charge is 2.26. The Labute approximate surface area is 187 Å². The van der Waals surface area contributed by atoms with E-state index in [1.165, 1.54) is 73.0 Å². The summed E-state index contributed by atoms with van der Waals surface area (Å²) in [6.45, 7) is 9.72. The molecule has 4 rings (SSSR count). The topological polar surface area (TPSA) is 18.5 Å². The van der Waals surface area contributed by atoms with Crippen molar-refractivity contribution >= 4 is 28.7 Å². The van der Waals surface area contributed by atoms with E-state index < -0.39 is 0 Å². The summed E-state index contributed by atoms with van der Waals surface area (Å²) >= 11 is 5.98. The van der Waals surface area contributed by atoms with Gasteiger partial charge in [-0.1, -0.05) is 43.2 Å². The molecule has 1 aliphatic heterocycles. The molecule has 0 saturated heterocycles. The van der Waals surface area contributed by atoms with E-state index in [-0.39, 0.29) is 0 Å². The average molecular weight is 422 g/mol. The smallest absolute Gasteiger partial charge is 0.173 e. The van der Waals surface area contributed by atoms with Crippen molar-refractivity contribution in [3.05, 3.63) is 58.7 Å². The number of thiocarbonyl (C=S) groups is 1. The summed E-state index contributed by atoms with van der Waals surface area (Å²) in [6, 6.07) is 14.0. The van der Waals surface area contributed by atoms with Crippen molar-refractivity contribution in [3.8, 4) is 0 Å². The maximum absolute atomic E-state index is 5.98. The zero-order chi connectivity index (χ0) is 21.1. The molecule has 30 heavy (non-hydrogen) atoms. The molecule has 4 heteroatoms. The molecule has 0 aromatic heterocycles. The predicted octanol–water partition coefficient (Wildman–Crippen LogP) is 6.22. The predicted molar refractivity (Wildman–Crippen MR) is 133 cm³/mol. The lowest BCUT2D eigenvalue weighted by Gasteiger charge is -2.34. The van der Waals surface area contributed by atoms with E-state index in [2.05, 4.69) is 72.3 Å². The third-order valence-corrected chi connectivity index (χ3v) is 7.17. The number of anilines is 2. The molecule has 1 fully saturated rings. The van der Waals surface area contributed by atoms with Gasteiger partial charge in [0.15, 0.2) is 5.11 Å². The average Bonchev–Trinajstić information content (AvgIpc) is 3.28. The van der Waals surface area contributed by atoms with Crippen LogP contribution in [0.2, 0.25) is 0 Å². The molecule has 2 aromatic rings. The number of rotatable bonds is 5. The largest absolute Gasteiger partial charge is 0.372 e. The second-order valence-corrected chi connectivity index (χ2v) is 9.30. The van der Waals surface area contributed by atoms with Crippen LogP contribution in [-0.4, -0.2) is 29.1 Å². The molecule has 0 bridgehead atoms. The fourth-order valence-electron chi connectivity index (χ4n) is 5.12. The number of nitrogens with one attached hydrogen (secondary N) is 1. The van der Waals surface area contributed by atoms with E-state index in [0.717, 1.165) is 23.9 Å². The Balaban J connectivity index is 1.56. The van der Waals surface area contributed by atoms with E-state index >= 15 is 0 Å². The first-order chi connectivity index (χ1) is 14.6. The molecule has 160 valence electrons. The van der Waals surface area contributed by atoms with Crippen molar-refractivity contribution in [3.63, 3.8) is 0 Å². The second-order valence-electron chi connectivity index (χ2n) is 8.91. The van der Waals surface area contributed by atoms with Gasteiger partial charge < -0.3 is 15.1 Å². The maximum Gasteiger partial charge on any atom is 0.173 e. The van der Waals surface area contributed by atoms with Gasteiger partial charge in [0.1, 0.15) is 0 Å². The maximum atomic E-state index is 5.98. The summed E-state index contributed by atoms with van der Waals surface area (Å²) in [5.74, 6) is 0. The summed E-state index contributed by atoms with van der Waals surface area (Å²) in [4.78, 5) is 4.96. The van der Waals surface area contributed by atoms with Crippen molar-refractivity contribution in [2.24, 2.45) is 0 Å². The minimum absolute atomic E-state index is 0.539. The summed E-state index contributed by atoms with van der Waals surface area (Å²) in [5.41, 5.74) is 7.96. The van der Waals surface area contributed by atoms with Gasteiger partial charge >= 0.3 is 0 Å². The summed E-state index contributed by atoms with van der Waals surface area (Å²) in [6.07, 6.45) is 7.54. The number of nitrogens with zero attached hydrogens (tertiary/aromatic N) is 2. The molecule has 1 heterocycles. The van der Waals surface area contributed by atoms with E-state index in [9.17, 15) is 0 Å². The number of hydrogen-bond donors (Lipinski definition) is 1. The molecule has 1 saturated carbocycles. The lowest BCUT2D eigenvalue weighted by Crippen LogP contribution is -2.41. The van der Waals surface area contributed by atoms with E-state index in [0.29, 0.717) is 6.04 Å². The minimum atomic E-state index is 0.539. The molecule has 2 aliphatic rings. The molecular formula is C26H35N3S. The van der Waals surface area contributed by atoms with Gasteiger partial charge in [0.05, 0.1) is 0 Å². The molecule has 0 radical (unpaired) electrons. The van der Waals surface area contributed by atoms with Gasteiger partial charge in [0.2, 0.25) is 0 Å². The Hall–Kier alpha value is -2.07. The molecule has 0 amide bonds. The number of fused-ring (bicyclic) bond motifs is 1. The van der Waals surface area contributed by atoms with Crippen molar-refractivity contribution in [2.75, 3.05) is 23.3 Å². The van der Waals surface area contributed by atoms with Crippen LogP contribution in [0.5, 0.6) is 0 Å². The monoisotopic (exact) mass is 421 g/mol. The van der Waals surface area contributed by atoms with Crippen molar-refractivity contribution in [1.82, 2.24) is 4.90 Å². The zero-order valence-corrected chi connectivity index (χ0v) is 19.5. The number of benzene rings is 2. The first-order valence-corrected chi connectivity index (χ1v) is 12.0. The zero-order valence-electron chi connectivity index (χ0n) is 18.7. The second kappa shape index (κ2) is 9.38. The van der Waals surface area contributed by atoms with Crippen LogP contribution in [0.3, 0.4) is 0 Å². The van der Waals surface area contributed by atoms with Crippen LogP contribution in [0.25, 0.3) is 0 Å². The Kier molecular flexibility index (Phi) is 6.62. The van der Waals surface area contributed by atoms with Crippen LogP contribution in [0.1, 0.15) is 61.3 Å². The summed E-state index contributed by atoms with van der Waals surface area (Å²) in [7, 11) is 0. The molecule has 2 aromatic carbocycles. The van der Waals surface area contributed by atoms with Crippen LogP contribution in [0, 0.1) is 13.8 Å². The highest BCUT2D eigenvalue weighted by atomic mass is 32.1. The van der Waals surface area contributed by atoms with Crippen molar-refractivity contribution in [1.29, 1.82) is 0 Å². The summed E-state index contributed by atoms with van der Waals surface area (Å²) < 4.78 is 0. The SMILES string of the molecule is CCN1CCCc2cc(CN(C(=S)Nc3c(C)cccc3C)C3CCCC3)ccc21. The molecular weight excluding hydrogens is 386 g/mol. The first kappa shape index (κ1) is 21.2. The Morgan fingerprint density at radius 3 is 2.53 bits per heavy atom. The van der Waals surface area contributed by atoms with Gasteiger partial charge in [-0.25, -0.2) is 0 Å². The normalized spacial score (nSPS) is 16.4. The number of para-hydroxylation sites is 1. The standard InChI is InChI=1S/C26H35N3S/c1-4-28-16-8-11-22-17-21(14-15-24(22)28)18-29(23-12-5-6-13-23)26(30)27-25-19(2)9-7-10-20(25)3/h7,9-10,14-15,17,23H,4-6,8,11-13,16,18H2,1-3H3,(H,27,30). The van der Waals surface area contributed by atoms with Crippen molar-refractivity contribution < 1.29 is 0 Å². The quantitative estimate of drug-likeness (QED) is 0.578. The van der Waals surface area contributed by atoms with Gasteiger partial charge in [-0.3, -0.25) is 0 Å². The van der Waals surface area contributed by atoms with Crippen LogP contribution in [-0.2, 0) is 13.0 Å². The van der Waals surface area contributed by atoms with Crippen LogP contribution in [0.4, 0.5) is 11.4 Å². The van der Waals surface area contributed by atoms with E-state index in [1.54, 1.807) is 0 Å². The molecule has 1 aliphatic carbocycles. The minimum Gasteiger partial charge on any atom is -0.372 e. The summed E-state index contributed by atoms with van der Waals surface area (Å²) in [5, 5.41) is 4.47. The highest BCUT2D eigenvalue weighted by molar-refractivity contribution is 7.80. The van der Waals surface area contributed by atoms with Gasteiger partial charge in [-0.2, -0.15) is 0 Å². The molecule has 0 spiro atoms. The first-order valence-electron chi connectivity index (χ1n) is 11.6. The van der Waals surface area contributed by atoms with Crippen LogP contribution in [0.15, 0.2) is 36.4 Å². The molecule has 3 nitrogen and oxygen atoms in total. The Morgan fingerprint density at radius 2 is 1.83 bits per heavy atom. The lowest BCUT2D eigenvalue weighted by molar-refractivity contribution is 0.312. The third-order valence-electron chi connectivity index (χ3n) is 6.83. The van der Waals surface area contributed by atoms with E-state index in [4.69, 9.17) is 12.2 Å². The lowest BCUT2D eigenvalue weighted by atomic mass is 9.98. The van der Waals surface area contributed by atoms with Gasteiger partial charge in [0, 0.05) is 37.1 Å². The third kappa shape index (κ3) is 4.49. The van der Waals surface area contributed by atoms with Gasteiger partial charge in [-0.05, 0) is 87.0 Å². The number of hydrogen-bond acceptors (Lipinski definition) is 2. The van der Waals surface area contributed by atoms with Crippen LogP contribution < -0.4 is 10.2 Å². The van der Waals surface area contributed by atoms with Crippen molar-refractivity contribution in [2.45, 2.75) is 71.9 Å². The van der Waals surface area contributed by atoms with Gasteiger partial charge in [0.25, 0.3) is 0 Å². The molecule has 0 unspecified atom stereocenters. The fourth-order valence-corrected chi connectivity index (χ4v) is 5.44. The Morgan fingerprint density at radius 1 is 1.10 bits per heavy atom. The molecule has 1 N–H and O–H groups in total. The Bertz CT molecular complexity index is 881. The van der Waals surface area contributed by atoms with Crippen LogP contribution >= 0.6 is 12.2 Å². The highest BCUT2D eigenvalue weighted by Crippen LogP contribution is 2.31. The number of aryl methyl sites for hydroxylation is 3. The molecule has 0 atom stereocenters. The van der Waals surface area contributed by atoms with Gasteiger partial charge in [-0.15, -0.1) is 0 Å². The van der Waals surface area contributed by atoms with E-state index in [1.807, 2.05) is 0 Å². The fraction of sp³-hybridized carbons (Fsp3) is 0.500.